The van der Waals surface area contributed by atoms with E-state index in [0.29, 0.717) is 36.9 Å². The van der Waals surface area contributed by atoms with Gasteiger partial charge >= 0.3 is 11.7 Å². The quantitative estimate of drug-likeness (QED) is 0.327. The SMILES string of the molecule is COC(=O)c1ccccc1Nc1ncnc(N2CCN(c3cccc(Cl)c3)CC2)c1[N+](=O)[O-]. The zero-order chi connectivity index (χ0) is 23.4. The van der Waals surface area contributed by atoms with Crippen molar-refractivity contribution in [3.63, 3.8) is 0 Å². The van der Waals surface area contributed by atoms with E-state index in [1.165, 1.54) is 13.4 Å². The van der Waals surface area contributed by atoms with Crippen molar-refractivity contribution < 1.29 is 14.5 Å². The number of ether oxygens (including phenoxy) is 1. The van der Waals surface area contributed by atoms with Crippen LogP contribution in [0.1, 0.15) is 10.4 Å². The van der Waals surface area contributed by atoms with E-state index in [0.717, 1.165) is 5.69 Å². The van der Waals surface area contributed by atoms with Crippen LogP contribution in [0.4, 0.5) is 28.7 Å². The van der Waals surface area contributed by atoms with Crippen LogP contribution in [-0.2, 0) is 4.74 Å². The number of nitro groups is 1. The molecule has 2 heterocycles. The first kappa shape index (κ1) is 22.3. The summed E-state index contributed by atoms with van der Waals surface area (Å²) >= 11 is 6.10. The number of anilines is 4. The number of nitrogens with zero attached hydrogens (tertiary/aromatic N) is 5. The summed E-state index contributed by atoms with van der Waals surface area (Å²) in [4.78, 5) is 35.9. The molecule has 1 saturated heterocycles. The van der Waals surface area contributed by atoms with E-state index in [2.05, 4.69) is 20.2 Å². The molecule has 10 nitrogen and oxygen atoms in total. The Bertz CT molecular complexity index is 1180. The number of halogens is 1. The van der Waals surface area contributed by atoms with Crippen LogP contribution in [0.15, 0.2) is 54.9 Å². The molecule has 0 bridgehead atoms. The molecule has 170 valence electrons. The lowest BCUT2D eigenvalue weighted by atomic mass is 10.1. The number of carbonyl (C=O) groups excluding carboxylic acids is 1. The summed E-state index contributed by atoms with van der Waals surface area (Å²) in [6, 6.07) is 14.2. The number of aromatic nitrogens is 2. The van der Waals surface area contributed by atoms with Gasteiger partial charge < -0.3 is 19.9 Å². The second-order valence-corrected chi connectivity index (χ2v) is 7.70. The highest BCUT2D eigenvalue weighted by molar-refractivity contribution is 6.30. The molecule has 4 rings (SSSR count). The number of benzene rings is 2. The summed E-state index contributed by atoms with van der Waals surface area (Å²) in [5.74, 6) is -0.343. The highest BCUT2D eigenvalue weighted by Crippen LogP contribution is 2.35. The molecule has 2 aromatic carbocycles. The monoisotopic (exact) mass is 468 g/mol. The Hall–Kier alpha value is -3.92. The lowest BCUT2D eigenvalue weighted by Gasteiger charge is -2.36. The third-order valence-electron chi connectivity index (χ3n) is 5.32. The fraction of sp³-hybridized carbons (Fsp3) is 0.227. The number of esters is 1. The van der Waals surface area contributed by atoms with Crippen molar-refractivity contribution >= 4 is 46.3 Å². The highest BCUT2D eigenvalue weighted by atomic mass is 35.5. The molecule has 1 aromatic heterocycles. The first-order valence-corrected chi connectivity index (χ1v) is 10.5. The fourth-order valence-corrected chi connectivity index (χ4v) is 3.90. The average Bonchev–Trinajstić information content (AvgIpc) is 2.83. The molecule has 0 atom stereocenters. The summed E-state index contributed by atoms with van der Waals surface area (Å²) in [6.45, 7) is 2.36. The van der Waals surface area contributed by atoms with Crippen molar-refractivity contribution in [2.45, 2.75) is 0 Å². The first-order valence-electron chi connectivity index (χ1n) is 10.2. The van der Waals surface area contributed by atoms with Gasteiger partial charge in [-0.2, -0.15) is 0 Å². The maximum absolute atomic E-state index is 12.1. The fourth-order valence-electron chi connectivity index (χ4n) is 3.72. The van der Waals surface area contributed by atoms with Crippen LogP contribution in [0.5, 0.6) is 0 Å². The smallest absolute Gasteiger partial charge is 0.353 e. The Balaban J connectivity index is 1.59. The van der Waals surface area contributed by atoms with Gasteiger partial charge in [0, 0.05) is 36.9 Å². The standard InChI is InChI=1S/C22H21ClN6O4/c1-33-22(30)17-7-2-3-8-18(17)26-20-19(29(31)32)21(25-14-24-20)28-11-9-27(10-12-28)16-6-4-5-15(23)13-16/h2-8,13-14H,9-12H2,1H3,(H,24,25,26). The second-order valence-electron chi connectivity index (χ2n) is 7.27. The highest BCUT2D eigenvalue weighted by Gasteiger charge is 2.30. The zero-order valence-electron chi connectivity index (χ0n) is 17.8. The molecule has 0 aliphatic carbocycles. The number of rotatable bonds is 6. The molecule has 0 amide bonds. The normalized spacial score (nSPS) is 13.5. The molecule has 1 aliphatic heterocycles. The predicted octanol–water partition coefficient (Wildman–Crippen LogP) is 3.90. The predicted molar refractivity (Wildman–Crippen MR) is 126 cm³/mol. The minimum absolute atomic E-state index is 0.00127. The number of methoxy groups -OCH3 is 1. The van der Waals surface area contributed by atoms with Crippen LogP contribution in [0.25, 0.3) is 0 Å². The molecule has 0 spiro atoms. The van der Waals surface area contributed by atoms with E-state index in [1.54, 1.807) is 24.3 Å². The van der Waals surface area contributed by atoms with Crippen molar-refractivity contribution in [3.05, 3.63) is 75.6 Å². The number of piperazine rings is 1. The van der Waals surface area contributed by atoms with E-state index in [1.807, 2.05) is 29.2 Å². The maximum Gasteiger partial charge on any atom is 0.353 e. The lowest BCUT2D eigenvalue weighted by Crippen LogP contribution is -2.47. The third-order valence-corrected chi connectivity index (χ3v) is 5.56. The molecule has 0 radical (unpaired) electrons. The van der Waals surface area contributed by atoms with E-state index in [4.69, 9.17) is 16.3 Å². The number of hydrogen-bond acceptors (Lipinski definition) is 9. The Labute approximate surface area is 194 Å². The van der Waals surface area contributed by atoms with Crippen LogP contribution < -0.4 is 15.1 Å². The van der Waals surface area contributed by atoms with Crippen LogP contribution in [-0.4, -0.2) is 54.1 Å². The topological polar surface area (TPSA) is 114 Å². The minimum atomic E-state index is -0.563. The van der Waals surface area contributed by atoms with Crippen LogP contribution in [0.2, 0.25) is 5.02 Å². The number of carbonyl (C=O) groups is 1. The summed E-state index contributed by atoms with van der Waals surface area (Å²) < 4.78 is 4.80. The molecule has 11 heteroatoms. The van der Waals surface area contributed by atoms with Gasteiger partial charge in [0.2, 0.25) is 11.6 Å². The van der Waals surface area contributed by atoms with Gasteiger partial charge in [-0.15, -0.1) is 0 Å². The van der Waals surface area contributed by atoms with Crippen LogP contribution in [0.3, 0.4) is 0 Å². The average molecular weight is 469 g/mol. The summed E-state index contributed by atoms with van der Waals surface area (Å²) in [7, 11) is 1.27. The largest absolute Gasteiger partial charge is 0.465 e. The Morgan fingerprint density at radius 2 is 1.82 bits per heavy atom. The molecule has 0 saturated carbocycles. The van der Waals surface area contributed by atoms with E-state index in [9.17, 15) is 14.9 Å². The van der Waals surface area contributed by atoms with Crippen molar-refractivity contribution in [2.24, 2.45) is 0 Å². The molecule has 33 heavy (non-hydrogen) atoms. The summed E-state index contributed by atoms with van der Waals surface area (Å²) in [5.41, 5.74) is 1.34. The Morgan fingerprint density at radius 3 is 2.52 bits per heavy atom. The first-order chi connectivity index (χ1) is 16.0. The van der Waals surface area contributed by atoms with Crippen molar-refractivity contribution in [1.82, 2.24) is 9.97 Å². The van der Waals surface area contributed by atoms with Crippen LogP contribution in [0, 0.1) is 10.1 Å². The van der Waals surface area contributed by atoms with E-state index < -0.39 is 10.9 Å². The van der Waals surface area contributed by atoms with E-state index >= 15 is 0 Å². The van der Waals surface area contributed by atoms with Gasteiger partial charge in [0.25, 0.3) is 0 Å². The molecule has 1 fully saturated rings. The van der Waals surface area contributed by atoms with Gasteiger partial charge in [0.15, 0.2) is 0 Å². The van der Waals surface area contributed by atoms with Gasteiger partial charge in [-0.3, -0.25) is 10.1 Å². The Kier molecular flexibility index (Phi) is 6.55. The molecular formula is C22H21ClN6O4. The molecule has 0 unspecified atom stereocenters. The molecular weight excluding hydrogens is 448 g/mol. The number of nitrogens with one attached hydrogen (secondary N) is 1. The zero-order valence-corrected chi connectivity index (χ0v) is 18.5. The summed E-state index contributed by atoms with van der Waals surface area (Å²) in [6.07, 6.45) is 1.27. The van der Waals surface area contributed by atoms with Crippen molar-refractivity contribution in [1.29, 1.82) is 0 Å². The maximum atomic E-state index is 12.1. The Morgan fingerprint density at radius 1 is 1.09 bits per heavy atom. The van der Waals surface area contributed by atoms with Gasteiger partial charge in [-0.25, -0.2) is 14.8 Å². The minimum Gasteiger partial charge on any atom is -0.465 e. The molecule has 1 N–H and O–H groups in total. The van der Waals surface area contributed by atoms with Crippen molar-refractivity contribution in [3.8, 4) is 0 Å². The number of hydrogen-bond donors (Lipinski definition) is 1. The molecule has 1 aliphatic rings. The van der Waals surface area contributed by atoms with Gasteiger partial charge in [-0.1, -0.05) is 29.8 Å². The van der Waals surface area contributed by atoms with Gasteiger partial charge in [0.05, 0.1) is 23.3 Å². The van der Waals surface area contributed by atoms with Crippen molar-refractivity contribution in [2.75, 3.05) is 48.4 Å². The summed E-state index contributed by atoms with van der Waals surface area (Å²) in [5, 5.41) is 15.6. The lowest BCUT2D eigenvalue weighted by molar-refractivity contribution is -0.383. The molecule has 3 aromatic rings. The second kappa shape index (κ2) is 9.70. The van der Waals surface area contributed by atoms with Gasteiger partial charge in [-0.05, 0) is 30.3 Å². The van der Waals surface area contributed by atoms with Gasteiger partial charge in [0.1, 0.15) is 6.33 Å². The van der Waals surface area contributed by atoms with E-state index in [-0.39, 0.29) is 22.9 Å². The number of para-hydroxylation sites is 1. The third kappa shape index (κ3) is 4.80. The van der Waals surface area contributed by atoms with Crippen LogP contribution >= 0.6 is 11.6 Å².